The topological polar surface area (TPSA) is 79.4 Å². The summed E-state index contributed by atoms with van der Waals surface area (Å²) in [4.78, 5) is 15.2. The van der Waals surface area contributed by atoms with Crippen molar-refractivity contribution in [1.82, 2.24) is 0 Å². The van der Waals surface area contributed by atoms with Crippen molar-refractivity contribution in [2.45, 2.75) is 59.2 Å². The average Bonchev–Trinajstić information content (AvgIpc) is 2.92. The van der Waals surface area contributed by atoms with Crippen LogP contribution >= 0.6 is 11.6 Å². The number of ether oxygens (including phenoxy) is 1. The van der Waals surface area contributed by atoms with Crippen LogP contribution in [0.5, 0.6) is 5.75 Å². The maximum Gasteiger partial charge on any atom is 0.418 e. The highest BCUT2D eigenvalue weighted by molar-refractivity contribution is 6.32. The zero-order valence-corrected chi connectivity index (χ0v) is 25.0. The Labute approximate surface area is 254 Å². The second-order valence-corrected chi connectivity index (χ2v) is 12.3. The van der Waals surface area contributed by atoms with E-state index < -0.39 is 23.1 Å². The van der Waals surface area contributed by atoms with E-state index >= 15 is 0 Å². The van der Waals surface area contributed by atoms with E-state index in [0.717, 1.165) is 22.8 Å². The zero-order valence-electron chi connectivity index (χ0n) is 24.3. The lowest BCUT2D eigenvalue weighted by Gasteiger charge is -2.44. The van der Waals surface area contributed by atoms with Crippen LogP contribution in [0.3, 0.4) is 0 Å². The fourth-order valence-electron chi connectivity index (χ4n) is 6.10. The van der Waals surface area contributed by atoms with Crippen molar-refractivity contribution in [2.75, 3.05) is 4.90 Å². The van der Waals surface area contributed by atoms with Gasteiger partial charge in [-0.25, -0.2) is 0 Å². The van der Waals surface area contributed by atoms with Crippen LogP contribution in [0.25, 0.3) is 0 Å². The van der Waals surface area contributed by atoms with E-state index in [9.17, 15) is 23.2 Å². The standard InChI is InChI=1S/C34H31ClF3N3O2/c1-19-13-20(2)22(14-21(19)18-43-29-12-8-6-10-25(29)35)30-23(17-39)32(40)41(26-11-7-5-9-24(26)34(36,37)38)27-15-33(3,4)16-28(42)31(27)30/h5-14,30H,15-16,18,40H2,1-4H3. The van der Waals surface area contributed by atoms with Crippen LogP contribution in [0.4, 0.5) is 18.9 Å². The van der Waals surface area contributed by atoms with Crippen molar-refractivity contribution in [3.8, 4) is 11.8 Å². The summed E-state index contributed by atoms with van der Waals surface area (Å²) in [6.45, 7) is 7.80. The first-order valence-electron chi connectivity index (χ1n) is 13.8. The first-order valence-corrected chi connectivity index (χ1v) is 14.2. The molecule has 5 nitrogen and oxygen atoms in total. The molecule has 0 spiro atoms. The van der Waals surface area contributed by atoms with Crippen LogP contribution in [0.1, 0.15) is 60.4 Å². The lowest BCUT2D eigenvalue weighted by Crippen LogP contribution is -2.42. The van der Waals surface area contributed by atoms with Crippen LogP contribution < -0.4 is 15.4 Å². The maximum absolute atomic E-state index is 14.2. The number of ketones is 1. The molecule has 0 aromatic heterocycles. The molecule has 1 unspecified atom stereocenters. The molecule has 0 saturated carbocycles. The van der Waals surface area contributed by atoms with Gasteiger partial charge in [-0.1, -0.05) is 61.8 Å². The van der Waals surface area contributed by atoms with Gasteiger partial charge in [-0.15, -0.1) is 0 Å². The SMILES string of the molecule is Cc1cc(C)c(C2C(C#N)=C(N)N(c3ccccc3C(F)(F)F)C3=C2C(=O)CC(C)(C)C3)cc1COc1ccccc1Cl. The number of anilines is 1. The summed E-state index contributed by atoms with van der Waals surface area (Å²) >= 11 is 6.28. The minimum Gasteiger partial charge on any atom is -0.487 e. The number of aryl methyl sites for hydroxylation is 2. The van der Waals surface area contributed by atoms with Gasteiger partial charge in [-0.2, -0.15) is 18.4 Å². The number of Topliss-reactive ketones (excluding diaryl/α,β-unsaturated/α-hetero) is 1. The number of para-hydroxylation sites is 2. The van der Waals surface area contributed by atoms with E-state index in [1.807, 2.05) is 45.9 Å². The second-order valence-electron chi connectivity index (χ2n) is 11.8. The van der Waals surface area contributed by atoms with Gasteiger partial charge in [0.25, 0.3) is 0 Å². The maximum atomic E-state index is 14.2. The van der Waals surface area contributed by atoms with E-state index in [1.165, 1.54) is 23.1 Å². The third-order valence-electron chi connectivity index (χ3n) is 8.09. The Morgan fingerprint density at radius 2 is 1.74 bits per heavy atom. The summed E-state index contributed by atoms with van der Waals surface area (Å²) in [7, 11) is 0. The van der Waals surface area contributed by atoms with E-state index in [0.29, 0.717) is 34.0 Å². The average molecular weight is 606 g/mol. The largest absolute Gasteiger partial charge is 0.487 e. The van der Waals surface area contributed by atoms with Crippen LogP contribution in [0, 0.1) is 30.6 Å². The molecule has 0 saturated heterocycles. The Morgan fingerprint density at radius 1 is 1.07 bits per heavy atom. The molecule has 1 aliphatic carbocycles. The molecule has 0 radical (unpaired) electrons. The lowest BCUT2D eigenvalue weighted by atomic mass is 9.68. The summed E-state index contributed by atoms with van der Waals surface area (Å²) in [5.41, 5.74) is 8.94. The summed E-state index contributed by atoms with van der Waals surface area (Å²) in [6, 6.07) is 18.2. The van der Waals surface area contributed by atoms with Crippen LogP contribution in [0.2, 0.25) is 5.02 Å². The smallest absolute Gasteiger partial charge is 0.418 e. The molecule has 3 aromatic carbocycles. The molecule has 222 valence electrons. The first-order chi connectivity index (χ1) is 20.2. The number of hydrogen-bond donors (Lipinski definition) is 1. The number of allylic oxidation sites excluding steroid dienone is 3. The molecular formula is C34H31ClF3N3O2. The quantitative estimate of drug-likeness (QED) is 0.315. The molecule has 0 bridgehead atoms. The number of hydrogen-bond acceptors (Lipinski definition) is 5. The number of halogens is 4. The number of carbonyl (C=O) groups excluding carboxylic acids is 1. The molecule has 0 fully saturated rings. The van der Waals surface area contributed by atoms with Gasteiger partial charge < -0.3 is 10.5 Å². The lowest BCUT2D eigenvalue weighted by molar-refractivity contribution is -0.137. The van der Waals surface area contributed by atoms with Gasteiger partial charge in [0.2, 0.25) is 0 Å². The number of benzene rings is 3. The summed E-state index contributed by atoms with van der Waals surface area (Å²) in [5.74, 6) is -0.682. The predicted octanol–water partition coefficient (Wildman–Crippen LogP) is 8.50. The van der Waals surface area contributed by atoms with Gasteiger partial charge in [-0.3, -0.25) is 9.69 Å². The third-order valence-corrected chi connectivity index (χ3v) is 8.40. The van der Waals surface area contributed by atoms with Crippen molar-refractivity contribution in [1.29, 1.82) is 5.26 Å². The van der Waals surface area contributed by atoms with Gasteiger partial charge in [0, 0.05) is 17.7 Å². The van der Waals surface area contributed by atoms with Gasteiger partial charge in [-0.05, 0) is 72.2 Å². The number of rotatable bonds is 5. The van der Waals surface area contributed by atoms with Gasteiger partial charge >= 0.3 is 6.18 Å². The minimum absolute atomic E-state index is 0.0220. The molecule has 9 heteroatoms. The van der Waals surface area contributed by atoms with E-state index in [-0.39, 0.29) is 35.9 Å². The number of nitriles is 1. The Hall–Kier alpha value is -4.22. The van der Waals surface area contributed by atoms with E-state index in [1.54, 1.807) is 18.2 Å². The van der Waals surface area contributed by atoms with E-state index in [4.69, 9.17) is 22.1 Å². The van der Waals surface area contributed by atoms with Crippen molar-refractivity contribution < 1.29 is 22.7 Å². The highest BCUT2D eigenvalue weighted by Crippen LogP contribution is 2.52. The molecule has 1 atom stereocenters. The monoisotopic (exact) mass is 605 g/mol. The molecule has 5 rings (SSSR count). The van der Waals surface area contributed by atoms with Crippen molar-refractivity contribution in [3.63, 3.8) is 0 Å². The molecule has 2 aliphatic rings. The molecular weight excluding hydrogens is 575 g/mol. The fourth-order valence-corrected chi connectivity index (χ4v) is 6.29. The molecule has 2 N–H and O–H groups in total. The van der Waals surface area contributed by atoms with Crippen LogP contribution in [-0.4, -0.2) is 5.78 Å². The predicted molar refractivity (Wildman–Crippen MR) is 160 cm³/mol. The molecule has 3 aromatic rings. The zero-order chi connectivity index (χ0) is 31.3. The van der Waals surface area contributed by atoms with Crippen LogP contribution in [-0.2, 0) is 17.6 Å². The Bertz CT molecular complexity index is 1730. The highest BCUT2D eigenvalue weighted by Gasteiger charge is 2.46. The third kappa shape index (κ3) is 5.62. The minimum atomic E-state index is -4.68. The van der Waals surface area contributed by atoms with E-state index in [2.05, 4.69) is 6.07 Å². The number of nitrogens with zero attached hydrogens (tertiary/aromatic N) is 2. The summed E-state index contributed by atoms with van der Waals surface area (Å²) < 4.78 is 48.6. The normalized spacial score (nSPS) is 18.4. The Morgan fingerprint density at radius 3 is 2.42 bits per heavy atom. The molecule has 0 amide bonds. The van der Waals surface area contributed by atoms with Crippen LogP contribution in [0.15, 0.2) is 83.3 Å². The van der Waals surface area contributed by atoms with Gasteiger partial charge in [0.05, 0.1) is 33.8 Å². The number of alkyl halides is 3. The molecule has 43 heavy (non-hydrogen) atoms. The highest BCUT2D eigenvalue weighted by atomic mass is 35.5. The first kappa shape index (κ1) is 30.2. The van der Waals surface area contributed by atoms with Crippen molar-refractivity contribution in [2.24, 2.45) is 11.1 Å². The van der Waals surface area contributed by atoms with Crippen molar-refractivity contribution >= 4 is 23.1 Å². The summed E-state index contributed by atoms with van der Waals surface area (Å²) in [5, 5.41) is 10.9. The second kappa shape index (κ2) is 11.1. The Balaban J connectivity index is 1.71. The summed E-state index contributed by atoms with van der Waals surface area (Å²) in [6.07, 6.45) is -4.20. The Kier molecular flexibility index (Phi) is 7.82. The number of carbonyl (C=O) groups is 1. The molecule has 1 heterocycles. The molecule has 1 aliphatic heterocycles. The number of nitrogens with two attached hydrogens (primary N) is 1. The van der Waals surface area contributed by atoms with Gasteiger partial charge in [0.1, 0.15) is 18.2 Å². The fraction of sp³-hybridized carbons (Fsp3) is 0.294. The van der Waals surface area contributed by atoms with Crippen molar-refractivity contribution in [3.05, 3.63) is 116 Å². The van der Waals surface area contributed by atoms with Gasteiger partial charge in [0.15, 0.2) is 5.78 Å².